The molecule has 0 spiro atoms. The first-order chi connectivity index (χ1) is 13.8. The van der Waals surface area contributed by atoms with Crippen LogP contribution in [0.25, 0.3) is 0 Å². The number of rotatable bonds is 8. The Labute approximate surface area is 174 Å². The summed E-state index contributed by atoms with van der Waals surface area (Å²) in [7, 11) is -3.57. The Hall–Kier alpha value is -2.61. The number of aliphatic hydroxyl groups excluding tert-OH is 1. The van der Waals surface area contributed by atoms with E-state index in [4.69, 9.17) is 16.7 Å². The van der Waals surface area contributed by atoms with Gasteiger partial charge >= 0.3 is 0 Å². The number of hydrogen-bond acceptors (Lipinski definition) is 4. The number of aromatic amines is 1. The van der Waals surface area contributed by atoms with Crippen molar-refractivity contribution in [3.63, 3.8) is 0 Å². The summed E-state index contributed by atoms with van der Waals surface area (Å²) in [6.07, 6.45) is 0. The fourth-order valence-corrected chi connectivity index (χ4v) is 4.14. The lowest BCUT2D eigenvalue weighted by Crippen LogP contribution is -2.18. The Bertz CT molecular complexity index is 1090. The first-order valence-corrected chi connectivity index (χ1v) is 11.0. The Kier molecular flexibility index (Phi) is 6.42. The van der Waals surface area contributed by atoms with Gasteiger partial charge in [0.15, 0.2) is 0 Å². The lowest BCUT2D eigenvalue weighted by atomic mass is 9.98. The molecule has 0 amide bonds. The molecule has 0 bridgehead atoms. The van der Waals surface area contributed by atoms with Crippen LogP contribution in [0, 0.1) is 0 Å². The van der Waals surface area contributed by atoms with Crippen molar-refractivity contribution in [3.8, 4) is 0 Å². The Balaban J connectivity index is 1.79. The summed E-state index contributed by atoms with van der Waals surface area (Å²) < 4.78 is 25.9. The zero-order chi connectivity index (χ0) is 21.0. The summed E-state index contributed by atoms with van der Waals surface area (Å²) in [5.41, 5.74) is 3.00. The summed E-state index contributed by atoms with van der Waals surface area (Å²) >= 11 is 6.38. The van der Waals surface area contributed by atoms with Crippen molar-refractivity contribution in [1.29, 1.82) is 0 Å². The summed E-state index contributed by atoms with van der Waals surface area (Å²) in [6.45, 7) is 1.50. The van der Waals surface area contributed by atoms with Gasteiger partial charge in [-0.3, -0.25) is 9.52 Å². The fraction of sp³-hybridized carbons (Fsp3) is 0.190. The predicted octanol–water partition coefficient (Wildman–Crippen LogP) is 3.78. The molecule has 0 aliphatic rings. The van der Waals surface area contributed by atoms with E-state index in [1.54, 1.807) is 54.6 Å². The van der Waals surface area contributed by atoms with Crippen LogP contribution in [0.15, 0.2) is 60.7 Å². The number of aromatic nitrogens is 1. The normalized spacial score (nSPS) is 12.5. The number of hydrogen-bond donors (Lipinski definition) is 3. The van der Waals surface area contributed by atoms with E-state index in [0.29, 0.717) is 27.7 Å². The minimum atomic E-state index is -3.57. The van der Waals surface area contributed by atoms with Crippen molar-refractivity contribution in [2.75, 3.05) is 17.1 Å². The Morgan fingerprint density at radius 3 is 2.41 bits per heavy atom. The fourth-order valence-electron chi connectivity index (χ4n) is 2.99. The zero-order valence-electron chi connectivity index (χ0n) is 15.7. The van der Waals surface area contributed by atoms with Gasteiger partial charge in [-0.15, -0.1) is 0 Å². The first-order valence-electron chi connectivity index (χ1n) is 9.00. The quantitative estimate of drug-likeness (QED) is 0.471. The molecule has 1 aromatic heterocycles. The highest BCUT2D eigenvalue weighted by atomic mass is 35.5. The summed E-state index contributed by atoms with van der Waals surface area (Å²) in [4.78, 5) is 15.8. The molecule has 0 radical (unpaired) electrons. The van der Waals surface area contributed by atoms with Crippen LogP contribution in [0.1, 0.15) is 40.2 Å². The van der Waals surface area contributed by atoms with E-state index < -0.39 is 16.6 Å². The number of benzene rings is 2. The number of H-pyrrole nitrogens is 1. The third kappa shape index (κ3) is 5.06. The van der Waals surface area contributed by atoms with Crippen molar-refractivity contribution in [1.82, 2.24) is 4.98 Å². The number of carbonyl (C=O) groups is 1. The topological polar surface area (TPSA) is 99.3 Å². The number of anilines is 1. The highest BCUT2D eigenvalue weighted by Crippen LogP contribution is 2.31. The van der Waals surface area contributed by atoms with E-state index in [2.05, 4.69) is 9.71 Å². The van der Waals surface area contributed by atoms with Gasteiger partial charge in [0, 0.05) is 22.9 Å². The number of carbonyl (C=O) groups excluding carboxylic acids is 1. The predicted molar refractivity (Wildman–Crippen MR) is 114 cm³/mol. The molecule has 1 unspecified atom stereocenters. The molecule has 0 aliphatic heterocycles. The highest BCUT2D eigenvalue weighted by molar-refractivity contribution is 7.92. The molecule has 3 N–H and O–H groups in total. The largest absolute Gasteiger partial charge is 0.395 e. The molecule has 8 heteroatoms. The average molecular weight is 433 g/mol. The lowest BCUT2D eigenvalue weighted by molar-refractivity contribution is 0.103. The molecule has 0 aliphatic carbocycles. The number of ketones is 1. The number of aliphatic hydroxyl groups is 1. The monoisotopic (exact) mass is 432 g/mol. The molecule has 3 rings (SSSR count). The van der Waals surface area contributed by atoms with E-state index in [1.165, 1.54) is 0 Å². The number of halogens is 1. The maximum Gasteiger partial charge on any atom is 0.234 e. The second-order valence-corrected chi connectivity index (χ2v) is 8.88. The summed E-state index contributed by atoms with van der Waals surface area (Å²) in [6, 6.07) is 17.4. The van der Waals surface area contributed by atoms with Crippen LogP contribution in [0.5, 0.6) is 0 Å². The van der Waals surface area contributed by atoms with E-state index in [1.807, 2.05) is 13.0 Å². The van der Waals surface area contributed by atoms with Crippen LogP contribution in [0.3, 0.4) is 0 Å². The smallest absolute Gasteiger partial charge is 0.234 e. The van der Waals surface area contributed by atoms with Gasteiger partial charge in [0.2, 0.25) is 15.8 Å². The van der Waals surface area contributed by atoms with E-state index in [9.17, 15) is 13.2 Å². The molecular weight excluding hydrogens is 412 g/mol. The third-order valence-corrected chi connectivity index (χ3v) is 6.13. The van der Waals surface area contributed by atoms with Crippen molar-refractivity contribution >= 4 is 33.1 Å². The molecule has 6 nitrogen and oxygen atoms in total. The number of sulfonamides is 1. The first kappa shape index (κ1) is 21.1. The van der Waals surface area contributed by atoms with Gasteiger partial charge in [0.1, 0.15) is 0 Å². The van der Waals surface area contributed by atoms with Crippen molar-refractivity contribution in [3.05, 3.63) is 88.2 Å². The molecule has 152 valence electrons. The SMILES string of the molecule is CC(c1ccc(NS(=O)(=O)CCO)cc1)c1[nH]c(C(=O)c2ccccc2)cc1Cl. The van der Waals surface area contributed by atoms with Gasteiger partial charge in [-0.2, -0.15) is 0 Å². The van der Waals surface area contributed by atoms with Gasteiger partial charge in [-0.05, 0) is 23.8 Å². The standard InChI is InChI=1S/C21H21ClN2O4S/c1-14(15-7-9-17(10-8-15)24-29(27,28)12-11-25)20-18(22)13-19(23-20)21(26)16-5-3-2-4-6-16/h2-10,13-14,23-25H,11-12H2,1H3. The highest BCUT2D eigenvalue weighted by Gasteiger charge is 2.19. The molecule has 0 saturated heterocycles. The van der Waals surface area contributed by atoms with Crippen LogP contribution >= 0.6 is 11.6 Å². The van der Waals surface area contributed by atoms with Crippen molar-refractivity contribution < 1.29 is 18.3 Å². The Morgan fingerprint density at radius 2 is 1.79 bits per heavy atom. The van der Waals surface area contributed by atoms with E-state index >= 15 is 0 Å². The van der Waals surface area contributed by atoms with E-state index in [-0.39, 0.29) is 17.5 Å². The minimum absolute atomic E-state index is 0.136. The van der Waals surface area contributed by atoms with Crippen LogP contribution in [-0.2, 0) is 10.0 Å². The van der Waals surface area contributed by atoms with Gasteiger partial charge < -0.3 is 10.1 Å². The molecule has 0 saturated carbocycles. The summed E-state index contributed by atoms with van der Waals surface area (Å²) in [5.74, 6) is -0.635. The Morgan fingerprint density at radius 1 is 1.14 bits per heavy atom. The van der Waals surface area contributed by atoms with Gasteiger partial charge in [-0.1, -0.05) is 61.0 Å². The molecule has 3 aromatic rings. The maximum atomic E-state index is 12.6. The molecule has 2 aromatic carbocycles. The van der Waals surface area contributed by atoms with Crippen LogP contribution in [0.2, 0.25) is 5.02 Å². The lowest BCUT2D eigenvalue weighted by Gasteiger charge is -2.13. The second-order valence-electron chi connectivity index (χ2n) is 6.63. The second kappa shape index (κ2) is 8.82. The minimum Gasteiger partial charge on any atom is -0.395 e. The molecule has 29 heavy (non-hydrogen) atoms. The van der Waals surface area contributed by atoms with Crippen molar-refractivity contribution in [2.45, 2.75) is 12.8 Å². The molecule has 1 atom stereocenters. The van der Waals surface area contributed by atoms with Crippen LogP contribution in [-0.4, -0.2) is 36.7 Å². The van der Waals surface area contributed by atoms with E-state index in [0.717, 1.165) is 5.56 Å². The average Bonchev–Trinajstić information content (AvgIpc) is 3.09. The zero-order valence-corrected chi connectivity index (χ0v) is 17.3. The van der Waals surface area contributed by atoms with Gasteiger partial charge in [-0.25, -0.2) is 8.42 Å². The molecule has 1 heterocycles. The summed E-state index contributed by atoms with van der Waals surface area (Å²) in [5, 5.41) is 9.27. The third-order valence-electron chi connectivity index (χ3n) is 4.56. The van der Waals surface area contributed by atoms with Gasteiger partial charge in [0.25, 0.3) is 0 Å². The number of nitrogens with one attached hydrogen (secondary N) is 2. The molecular formula is C21H21ClN2O4S. The van der Waals surface area contributed by atoms with Crippen molar-refractivity contribution in [2.24, 2.45) is 0 Å². The maximum absolute atomic E-state index is 12.6. The van der Waals surface area contributed by atoms with Crippen LogP contribution in [0.4, 0.5) is 5.69 Å². The van der Waals surface area contributed by atoms with Gasteiger partial charge in [0.05, 0.1) is 23.1 Å². The molecule has 0 fully saturated rings. The van der Waals surface area contributed by atoms with Crippen LogP contribution < -0.4 is 4.72 Å².